The van der Waals surface area contributed by atoms with Gasteiger partial charge in [0.15, 0.2) is 0 Å². The molecule has 0 heterocycles. The van der Waals surface area contributed by atoms with Gasteiger partial charge in [0.2, 0.25) is 0 Å². The van der Waals surface area contributed by atoms with Gasteiger partial charge >= 0.3 is 0 Å². The second-order valence-electron chi connectivity index (χ2n) is 4.98. The summed E-state index contributed by atoms with van der Waals surface area (Å²) in [6.45, 7) is 2.09. The smallest absolute Gasteiger partial charge is 0.0210 e. The van der Waals surface area contributed by atoms with Crippen LogP contribution in [0.25, 0.3) is 0 Å². The number of likely N-dealkylation sites (N-methyl/N-ethyl adjacent to an activating group) is 1. The highest BCUT2D eigenvalue weighted by Gasteiger charge is 2.14. The number of hydrogen-bond acceptors (Lipinski definition) is 2. The van der Waals surface area contributed by atoms with Gasteiger partial charge < -0.3 is 10.6 Å². The molecule has 1 fully saturated rings. The molecule has 2 heteroatoms. The van der Waals surface area contributed by atoms with Crippen molar-refractivity contribution in [2.24, 2.45) is 0 Å². The maximum absolute atomic E-state index is 3.69. The van der Waals surface area contributed by atoms with E-state index in [-0.39, 0.29) is 0 Å². The van der Waals surface area contributed by atoms with Gasteiger partial charge in [-0.1, -0.05) is 37.1 Å². The van der Waals surface area contributed by atoms with Gasteiger partial charge in [-0.05, 0) is 44.0 Å². The first-order chi connectivity index (χ1) is 8.40. The van der Waals surface area contributed by atoms with Crippen LogP contribution in [0.3, 0.4) is 0 Å². The Morgan fingerprint density at radius 2 is 1.82 bits per heavy atom. The molecule has 0 radical (unpaired) electrons. The highest BCUT2D eigenvalue weighted by molar-refractivity contribution is 5.27. The Kier molecular flexibility index (Phi) is 5.02. The van der Waals surface area contributed by atoms with Crippen LogP contribution >= 0.6 is 0 Å². The van der Waals surface area contributed by atoms with Crippen LogP contribution in [-0.4, -0.2) is 19.6 Å². The number of benzene rings is 1. The lowest BCUT2D eigenvalue weighted by molar-refractivity contribution is 0.522. The summed E-state index contributed by atoms with van der Waals surface area (Å²) < 4.78 is 0. The normalized spacial score (nSPS) is 16.5. The predicted molar refractivity (Wildman–Crippen MR) is 73.2 cm³/mol. The molecule has 0 atom stereocenters. The molecule has 0 bridgehead atoms. The van der Waals surface area contributed by atoms with Gasteiger partial charge in [-0.15, -0.1) is 0 Å². The van der Waals surface area contributed by atoms with Gasteiger partial charge in [0.25, 0.3) is 0 Å². The van der Waals surface area contributed by atoms with E-state index in [2.05, 4.69) is 34.9 Å². The number of rotatable bonds is 6. The van der Waals surface area contributed by atoms with Crippen molar-refractivity contribution in [1.82, 2.24) is 10.6 Å². The summed E-state index contributed by atoms with van der Waals surface area (Å²) in [5.74, 6) is 0. The zero-order valence-electron chi connectivity index (χ0n) is 10.8. The van der Waals surface area contributed by atoms with E-state index in [1.165, 1.54) is 36.8 Å². The molecule has 0 aliphatic heterocycles. The molecule has 1 aromatic rings. The van der Waals surface area contributed by atoms with E-state index >= 15 is 0 Å². The molecule has 1 aliphatic carbocycles. The van der Waals surface area contributed by atoms with Crippen molar-refractivity contribution in [3.05, 3.63) is 35.4 Å². The fourth-order valence-corrected chi connectivity index (χ4v) is 2.62. The van der Waals surface area contributed by atoms with Gasteiger partial charge in [-0.3, -0.25) is 0 Å². The Hall–Kier alpha value is -0.860. The second-order valence-corrected chi connectivity index (χ2v) is 4.98. The number of hydrogen-bond donors (Lipinski definition) is 2. The van der Waals surface area contributed by atoms with Crippen LogP contribution in [0.15, 0.2) is 24.3 Å². The molecule has 17 heavy (non-hydrogen) atoms. The van der Waals surface area contributed by atoms with E-state index in [1.54, 1.807) is 0 Å². The maximum atomic E-state index is 3.69. The lowest BCUT2D eigenvalue weighted by atomic mass is 10.0. The SMILES string of the molecule is CNCCc1ccccc1CNC1CCCC1. The average molecular weight is 232 g/mol. The molecule has 0 aromatic heterocycles. The van der Waals surface area contributed by atoms with Crippen molar-refractivity contribution < 1.29 is 0 Å². The third kappa shape index (κ3) is 3.83. The molecule has 94 valence electrons. The third-order valence-electron chi connectivity index (χ3n) is 3.70. The van der Waals surface area contributed by atoms with Crippen LogP contribution in [0.1, 0.15) is 36.8 Å². The quantitative estimate of drug-likeness (QED) is 0.787. The second kappa shape index (κ2) is 6.77. The molecule has 2 N–H and O–H groups in total. The summed E-state index contributed by atoms with van der Waals surface area (Å²) >= 11 is 0. The predicted octanol–water partition coefficient (Wildman–Crippen LogP) is 2.48. The Morgan fingerprint density at radius 3 is 2.53 bits per heavy atom. The van der Waals surface area contributed by atoms with Gasteiger partial charge in [0, 0.05) is 12.6 Å². The zero-order chi connectivity index (χ0) is 11.9. The summed E-state index contributed by atoms with van der Waals surface area (Å²) in [6, 6.07) is 9.56. The van der Waals surface area contributed by atoms with Crippen molar-refractivity contribution >= 4 is 0 Å². The third-order valence-corrected chi connectivity index (χ3v) is 3.70. The molecule has 1 aliphatic rings. The highest BCUT2D eigenvalue weighted by atomic mass is 14.9. The average Bonchev–Trinajstić information content (AvgIpc) is 2.88. The Labute approximate surface area is 105 Å². The van der Waals surface area contributed by atoms with Crippen LogP contribution in [0.4, 0.5) is 0 Å². The van der Waals surface area contributed by atoms with Crippen LogP contribution < -0.4 is 10.6 Å². The summed E-state index contributed by atoms with van der Waals surface area (Å²) in [4.78, 5) is 0. The monoisotopic (exact) mass is 232 g/mol. The Balaban J connectivity index is 1.89. The lowest BCUT2D eigenvalue weighted by Crippen LogP contribution is -2.26. The summed E-state index contributed by atoms with van der Waals surface area (Å²) in [6.07, 6.45) is 6.65. The Bertz CT molecular complexity index is 329. The van der Waals surface area contributed by atoms with Crippen molar-refractivity contribution in [3.8, 4) is 0 Å². The van der Waals surface area contributed by atoms with Crippen molar-refractivity contribution in [1.29, 1.82) is 0 Å². The molecule has 1 aromatic carbocycles. The molecule has 0 saturated heterocycles. The molecular weight excluding hydrogens is 208 g/mol. The summed E-state index contributed by atoms with van der Waals surface area (Å²) in [7, 11) is 2.01. The van der Waals surface area contributed by atoms with E-state index in [1.807, 2.05) is 7.05 Å². The van der Waals surface area contributed by atoms with Crippen molar-refractivity contribution in [3.63, 3.8) is 0 Å². The van der Waals surface area contributed by atoms with Crippen molar-refractivity contribution in [2.45, 2.75) is 44.7 Å². The van der Waals surface area contributed by atoms with Crippen LogP contribution in [0.5, 0.6) is 0 Å². The van der Waals surface area contributed by atoms with Gasteiger partial charge in [-0.2, -0.15) is 0 Å². The standard InChI is InChI=1S/C15H24N2/c1-16-11-10-13-6-2-3-7-14(13)12-17-15-8-4-5-9-15/h2-3,6-7,15-17H,4-5,8-12H2,1H3. The fourth-order valence-electron chi connectivity index (χ4n) is 2.62. The van der Waals surface area contributed by atoms with E-state index in [4.69, 9.17) is 0 Å². The van der Waals surface area contributed by atoms with Gasteiger partial charge in [0.05, 0.1) is 0 Å². The minimum absolute atomic E-state index is 0.757. The molecular formula is C15H24N2. The Morgan fingerprint density at radius 1 is 1.12 bits per heavy atom. The molecule has 0 spiro atoms. The highest BCUT2D eigenvalue weighted by Crippen LogP contribution is 2.18. The maximum Gasteiger partial charge on any atom is 0.0210 e. The van der Waals surface area contributed by atoms with Gasteiger partial charge in [-0.25, -0.2) is 0 Å². The molecule has 1 saturated carbocycles. The van der Waals surface area contributed by atoms with Crippen LogP contribution in [0, 0.1) is 0 Å². The topological polar surface area (TPSA) is 24.1 Å². The van der Waals surface area contributed by atoms with E-state index in [0.29, 0.717) is 0 Å². The lowest BCUT2D eigenvalue weighted by Gasteiger charge is -2.14. The van der Waals surface area contributed by atoms with Crippen molar-refractivity contribution in [2.75, 3.05) is 13.6 Å². The number of nitrogens with one attached hydrogen (secondary N) is 2. The zero-order valence-corrected chi connectivity index (χ0v) is 10.8. The van der Waals surface area contributed by atoms with E-state index in [0.717, 1.165) is 25.6 Å². The molecule has 0 unspecified atom stereocenters. The molecule has 0 amide bonds. The summed E-state index contributed by atoms with van der Waals surface area (Å²) in [5, 5.41) is 6.91. The minimum Gasteiger partial charge on any atom is -0.319 e. The first kappa shape index (κ1) is 12.6. The first-order valence-electron chi connectivity index (χ1n) is 6.85. The molecule has 2 rings (SSSR count). The minimum atomic E-state index is 0.757. The van der Waals surface area contributed by atoms with Crippen LogP contribution in [-0.2, 0) is 13.0 Å². The largest absolute Gasteiger partial charge is 0.319 e. The van der Waals surface area contributed by atoms with E-state index in [9.17, 15) is 0 Å². The molecule has 2 nitrogen and oxygen atoms in total. The summed E-state index contributed by atoms with van der Waals surface area (Å²) in [5.41, 5.74) is 2.95. The fraction of sp³-hybridized carbons (Fsp3) is 0.600. The van der Waals surface area contributed by atoms with E-state index < -0.39 is 0 Å². The van der Waals surface area contributed by atoms with Gasteiger partial charge in [0.1, 0.15) is 0 Å². The van der Waals surface area contributed by atoms with Crippen LogP contribution in [0.2, 0.25) is 0 Å². The first-order valence-corrected chi connectivity index (χ1v) is 6.85.